The van der Waals surface area contributed by atoms with Gasteiger partial charge in [-0.15, -0.1) is 0 Å². The standard InChI is InChI=1S/C25H25N3O5S/c1-17-9-12-20(13-10-17)34(30,31)27-25(29)28-16-22(18-7-5-4-6-8-18)24(26-28)21-14-11-19(32-2)15-23(21)33-3/h4-15,22H,16H2,1-3H3,(H,27,29). The van der Waals surface area contributed by atoms with Gasteiger partial charge in [-0.25, -0.2) is 22.9 Å². The van der Waals surface area contributed by atoms with E-state index in [0.717, 1.165) is 16.1 Å². The van der Waals surface area contributed by atoms with Crippen LogP contribution in [0.1, 0.15) is 22.6 Å². The summed E-state index contributed by atoms with van der Waals surface area (Å²) in [6.07, 6.45) is 0. The van der Waals surface area contributed by atoms with E-state index in [1.807, 2.05) is 43.3 Å². The topological polar surface area (TPSA) is 97.3 Å². The SMILES string of the molecule is COc1ccc(C2=NN(C(=O)NS(=O)(=O)c3ccc(C)cc3)CC2c2ccccc2)c(OC)c1. The third kappa shape index (κ3) is 4.74. The Bertz CT molecular complexity index is 1320. The van der Waals surface area contributed by atoms with Crippen LogP contribution >= 0.6 is 0 Å². The summed E-state index contributed by atoms with van der Waals surface area (Å²) in [7, 11) is -0.942. The largest absolute Gasteiger partial charge is 0.497 e. The normalized spacial score (nSPS) is 15.6. The van der Waals surface area contributed by atoms with Gasteiger partial charge >= 0.3 is 6.03 Å². The summed E-state index contributed by atoms with van der Waals surface area (Å²) in [6.45, 7) is 2.02. The van der Waals surface area contributed by atoms with Gasteiger partial charge in [0.25, 0.3) is 10.0 Å². The van der Waals surface area contributed by atoms with Gasteiger partial charge in [0.1, 0.15) is 11.5 Å². The molecule has 1 heterocycles. The highest BCUT2D eigenvalue weighted by Crippen LogP contribution is 2.34. The van der Waals surface area contributed by atoms with Crippen LogP contribution in [0.25, 0.3) is 0 Å². The smallest absolute Gasteiger partial charge is 0.351 e. The summed E-state index contributed by atoms with van der Waals surface area (Å²) < 4.78 is 38.5. The molecule has 2 amide bonds. The van der Waals surface area contributed by atoms with Crippen LogP contribution in [0.15, 0.2) is 82.8 Å². The Morgan fingerprint density at radius 2 is 1.71 bits per heavy atom. The van der Waals surface area contributed by atoms with Crippen molar-refractivity contribution in [2.24, 2.45) is 5.10 Å². The monoisotopic (exact) mass is 479 g/mol. The maximum Gasteiger partial charge on any atom is 0.351 e. The number of methoxy groups -OCH3 is 2. The van der Waals surface area contributed by atoms with E-state index in [9.17, 15) is 13.2 Å². The van der Waals surface area contributed by atoms with Crippen LogP contribution in [0.2, 0.25) is 0 Å². The lowest BCUT2D eigenvalue weighted by Gasteiger charge is -2.17. The summed E-state index contributed by atoms with van der Waals surface area (Å²) in [6, 6.07) is 20.4. The van der Waals surface area contributed by atoms with Gasteiger partial charge in [-0.1, -0.05) is 48.0 Å². The van der Waals surface area contributed by atoms with Crippen LogP contribution in [0.4, 0.5) is 4.79 Å². The van der Waals surface area contributed by atoms with Crippen molar-refractivity contribution in [3.05, 3.63) is 89.5 Å². The molecule has 0 aliphatic carbocycles. The van der Waals surface area contributed by atoms with Gasteiger partial charge in [-0.05, 0) is 36.8 Å². The molecule has 3 aromatic rings. The second kappa shape index (κ2) is 9.56. The predicted molar refractivity (Wildman–Crippen MR) is 129 cm³/mol. The number of sulfonamides is 1. The van der Waals surface area contributed by atoms with Crippen molar-refractivity contribution in [3.8, 4) is 11.5 Å². The number of ether oxygens (including phenoxy) is 2. The molecule has 0 saturated heterocycles. The first-order valence-electron chi connectivity index (χ1n) is 10.6. The maximum absolute atomic E-state index is 13.0. The Labute approximate surface area is 198 Å². The Morgan fingerprint density at radius 3 is 2.35 bits per heavy atom. The number of benzene rings is 3. The van der Waals surface area contributed by atoms with Crippen LogP contribution < -0.4 is 14.2 Å². The summed E-state index contributed by atoms with van der Waals surface area (Å²) in [5.41, 5.74) is 3.14. The third-order valence-corrected chi connectivity index (χ3v) is 6.92. The predicted octanol–water partition coefficient (Wildman–Crippen LogP) is 3.91. The molecule has 1 N–H and O–H groups in total. The van der Waals surface area contributed by atoms with E-state index < -0.39 is 16.1 Å². The van der Waals surface area contributed by atoms with E-state index in [-0.39, 0.29) is 17.4 Å². The molecule has 1 atom stereocenters. The fourth-order valence-electron chi connectivity index (χ4n) is 3.77. The first kappa shape index (κ1) is 23.3. The molecule has 1 aliphatic heterocycles. The Kier molecular flexibility index (Phi) is 6.56. The quantitative estimate of drug-likeness (QED) is 0.578. The van der Waals surface area contributed by atoms with E-state index in [0.29, 0.717) is 22.8 Å². The first-order chi connectivity index (χ1) is 16.3. The molecule has 0 radical (unpaired) electrons. The molecule has 8 nitrogen and oxygen atoms in total. The molecule has 176 valence electrons. The molecule has 0 aromatic heterocycles. The van der Waals surface area contributed by atoms with Gasteiger partial charge in [-0.2, -0.15) is 5.10 Å². The molecule has 0 saturated carbocycles. The van der Waals surface area contributed by atoms with Gasteiger partial charge < -0.3 is 9.47 Å². The Hall–Kier alpha value is -3.85. The lowest BCUT2D eigenvalue weighted by atomic mass is 9.90. The minimum absolute atomic E-state index is 0.00582. The third-order valence-electron chi connectivity index (χ3n) is 5.59. The highest BCUT2D eigenvalue weighted by atomic mass is 32.2. The molecule has 0 fully saturated rings. The van der Waals surface area contributed by atoms with Gasteiger partial charge in [0, 0.05) is 17.5 Å². The van der Waals surface area contributed by atoms with Crippen molar-refractivity contribution in [1.82, 2.24) is 9.73 Å². The van der Waals surface area contributed by atoms with Gasteiger partial charge in [0.2, 0.25) is 0 Å². The number of nitrogens with one attached hydrogen (secondary N) is 1. The number of hydrazone groups is 1. The van der Waals surface area contributed by atoms with Crippen LogP contribution in [0.3, 0.4) is 0 Å². The second-order valence-corrected chi connectivity index (χ2v) is 9.50. The number of hydrogen-bond donors (Lipinski definition) is 1. The van der Waals surface area contributed by atoms with Gasteiger partial charge in [0.05, 0.1) is 31.4 Å². The zero-order valence-corrected chi connectivity index (χ0v) is 19.9. The number of nitrogens with zero attached hydrogens (tertiary/aromatic N) is 2. The average Bonchev–Trinajstić information content (AvgIpc) is 3.29. The lowest BCUT2D eigenvalue weighted by Crippen LogP contribution is -2.39. The van der Waals surface area contributed by atoms with E-state index >= 15 is 0 Å². The number of carbonyl (C=O) groups excluding carboxylic acids is 1. The summed E-state index contributed by atoms with van der Waals surface area (Å²) in [4.78, 5) is 13.0. The van der Waals surface area contributed by atoms with Crippen molar-refractivity contribution in [1.29, 1.82) is 0 Å². The number of hydrogen-bond acceptors (Lipinski definition) is 6. The van der Waals surface area contributed by atoms with E-state index in [4.69, 9.17) is 9.47 Å². The maximum atomic E-state index is 13.0. The summed E-state index contributed by atoms with van der Waals surface area (Å²) >= 11 is 0. The van der Waals surface area contributed by atoms with Crippen molar-refractivity contribution in [2.75, 3.05) is 20.8 Å². The Balaban J connectivity index is 1.68. The zero-order chi connectivity index (χ0) is 24.3. The number of carbonyl (C=O) groups is 1. The van der Waals surface area contributed by atoms with Crippen LogP contribution in [0.5, 0.6) is 11.5 Å². The second-order valence-electron chi connectivity index (χ2n) is 7.82. The molecule has 0 bridgehead atoms. The van der Waals surface area contributed by atoms with Crippen molar-refractivity contribution in [3.63, 3.8) is 0 Å². The molecule has 0 spiro atoms. The zero-order valence-electron chi connectivity index (χ0n) is 19.1. The first-order valence-corrected chi connectivity index (χ1v) is 12.1. The summed E-state index contributed by atoms with van der Waals surface area (Å²) in [5, 5.41) is 5.67. The van der Waals surface area contributed by atoms with Gasteiger partial charge in [0.15, 0.2) is 0 Å². The number of aryl methyl sites for hydroxylation is 1. The lowest BCUT2D eigenvalue weighted by molar-refractivity contribution is 0.210. The van der Waals surface area contributed by atoms with E-state index in [2.05, 4.69) is 9.82 Å². The summed E-state index contributed by atoms with van der Waals surface area (Å²) in [5.74, 6) is 0.874. The van der Waals surface area contributed by atoms with Crippen LogP contribution in [0, 0.1) is 6.92 Å². The molecule has 1 unspecified atom stereocenters. The van der Waals surface area contributed by atoms with Crippen molar-refractivity contribution < 1.29 is 22.7 Å². The minimum Gasteiger partial charge on any atom is -0.497 e. The number of amides is 2. The van der Waals surface area contributed by atoms with E-state index in [1.165, 1.54) is 12.1 Å². The molecule has 1 aliphatic rings. The molecule has 9 heteroatoms. The fourth-order valence-corrected chi connectivity index (χ4v) is 4.72. The minimum atomic E-state index is -4.05. The molecule has 3 aromatic carbocycles. The van der Waals surface area contributed by atoms with E-state index in [1.54, 1.807) is 38.5 Å². The highest BCUT2D eigenvalue weighted by molar-refractivity contribution is 7.90. The van der Waals surface area contributed by atoms with Crippen molar-refractivity contribution >= 4 is 21.8 Å². The van der Waals surface area contributed by atoms with Crippen LogP contribution in [-0.2, 0) is 10.0 Å². The average molecular weight is 480 g/mol. The Morgan fingerprint density at radius 1 is 1.00 bits per heavy atom. The fraction of sp³-hybridized carbons (Fsp3) is 0.200. The number of urea groups is 1. The van der Waals surface area contributed by atoms with Crippen LogP contribution in [-0.4, -0.2) is 45.9 Å². The van der Waals surface area contributed by atoms with Gasteiger partial charge in [-0.3, -0.25) is 0 Å². The molecule has 4 rings (SSSR count). The molecule has 34 heavy (non-hydrogen) atoms. The van der Waals surface area contributed by atoms with Crippen molar-refractivity contribution in [2.45, 2.75) is 17.7 Å². The molecular weight excluding hydrogens is 454 g/mol. The number of rotatable bonds is 6. The molecular formula is C25H25N3O5S. The highest BCUT2D eigenvalue weighted by Gasteiger charge is 2.35.